The van der Waals surface area contributed by atoms with Crippen molar-refractivity contribution in [2.75, 3.05) is 40.3 Å². The van der Waals surface area contributed by atoms with Crippen LogP contribution in [0.1, 0.15) is 18.9 Å². The Bertz CT molecular complexity index is 377. The SMILES string of the molecule is CC(CNC1CCN(CCc2ccccc2)C1)N(C)C. The molecule has 0 aliphatic carbocycles. The Kier molecular flexibility index (Phi) is 6.02. The molecule has 1 aliphatic rings. The molecule has 0 saturated carbocycles. The van der Waals surface area contributed by atoms with Gasteiger partial charge in [0.1, 0.15) is 0 Å². The van der Waals surface area contributed by atoms with Crippen LogP contribution >= 0.6 is 0 Å². The minimum atomic E-state index is 0.605. The maximum atomic E-state index is 3.71. The van der Waals surface area contributed by atoms with Gasteiger partial charge in [0.05, 0.1) is 0 Å². The lowest BCUT2D eigenvalue weighted by Gasteiger charge is -2.23. The fraction of sp³-hybridized carbons (Fsp3) is 0.647. The van der Waals surface area contributed by atoms with Crippen molar-refractivity contribution in [1.82, 2.24) is 15.1 Å². The Balaban J connectivity index is 1.65. The first-order chi connectivity index (χ1) is 9.65. The number of rotatable bonds is 7. The predicted molar refractivity (Wildman–Crippen MR) is 86.1 cm³/mol. The highest BCUT2D eigenvalue weighted by Crippen LogP contribution is 2.11. The van der Waals surface area contributed by atoms with Crippen LogP contribution in [-0.2, 0) is 6.42 Å². The van der Waals surface area contributed by atoms with E-state index in [9.17, 15) is 0 Å². The first kappa shape index (κ1) is 15.5. The molecule has 0 amide bonds. The van der Waals surface area contributed by atoms with Crippen LogP contribution in [-0.4, -0.2) is 62.2 Å². The Morgan fingerprint density at radius 2 is 2.05 bits per heavy atom. The highest BCUT2D eigenvalue weighted by Gasteiger charge is 2.22. The fourth-order valence-electron chi connectivity index (χ4n) is 2.65. The van der Waals surface area contributed by atoms with E-state index >= 15 is 0 Å². The van der Waals surface area contributed by atoms with E-state index in [1.807, 2.05) is 0 Å². The molecule has 1 heterocycles. The molecule has 0 bridgehead atoms. The number of benzene rings is 1. The standard InChI is InChI=1S/C17H29N3/c1-15(19(2)3)13-18-17-10-12-20(14-17)11-9-16-7-5-4-6-8-16/h4-8,15,17-18H,9-14H2,1-3H3. The van der Waals surface area contributed by atoms with Crippen molar-refractivity contribution in [2.24, 2.45) is 0 Å². The molecule has 1 aromatic carbocycles. The molecule has 0 radical (unpaired) electrons. The maximum absolute atomic E-state index is 3.71. The summed E-state index contributed by atoms with van der Waals surface area (Å²) in [7, 11) is 4.29. The number of hydrogen-bond acceptors (Lipinski definition) is 3. The first-order valence-electron chi connectivity index (χ1n) is 7.81. The smallest absolute Gasteiger partial charge is 0.0207 e. The fourth-order valence-corrected chi connectivity index (χ4v) is 2.65. The van der Waals surface area contributed by atoms with Gasteiger partial charge in [-0.15, -0.1) is 0 Å². The lowest BCUT2D eigenvalue weighted by Crippen LogP contribution is -2.41. The van der Waals surface area contributed by atoms with Gasteiger partial charge in [0, 0.05) is 31.7 Å². The molecule has 1 aliphatic heterocycles. The van der Waals surface area contributed by atoms with Crippen molar-refractivity contribution in [1.29, 1.82) is 0 Å². The summed E-state index contributed by atoms with van der Waals surface area (Å²) in [4.78, 5) is 4.86. The highest BCUT2D eigenvalue weighted by atomic mass is 15.2. The first-order valence-corrected chi connectivity index (χ1v) is 7.81. The van der Waals surface area contributed by atoms with Gasteiger partial charge in [0.2, 0.25) is 0 Å². The largest absolute Gasteiger partial charge is 0.311 e. The zero-order chi connectivity index (χ0) is 14.4. The molecule has 2 unspecified atom stereocenters. The third-order valence-electron chi connectivity index (χ3n) is 4.42. The van der Waals surface area contributed by atoms with Gasteiger partial charge in [-0.3, -0.25) is 0 Å². The van der Waals surface area contributed by atoms with Crippen molar-refractivity contribution >= 4 is 0 Å². The normalized spacial score (nSPS) is 21.5. The van der Waals surface area contributed by atoms with E-state index in [4.69, 9.17) is 0 Å². The zero-order valence-corrected chi connectivity index (χ0v) is 13.2. The molecule has 0 aromatic heterocycles. The van der Waals surface area contributed by atoms with Crippen LogP contribution in [0.15, 0.2) is 30.3 Å². The summed E-state index contributed by atoms with van der Waals surface area (Å²) < 4.78 is 0. The number of hydrogen-bond donors (Lipinski definition) is 1. The minimum Gasteiger partial charge on any atom is -0.311 e. The molecule has 1 aromatic rings. The second kappa shape index (κ2) is 7.77. The average molecular weight is 275 g/mol. The van der Waals surface area contributed by atoms with Crippen LogP contribution in [0.25, 0.3) is 0 Å². The molecular weight excluding hydrogens is 246 g/mol. The third-order valence-corrected chi connectivity index (χ3v) is 4.42. The topological polar surface area (TPSA) is 18.5 Å². The summed E-state index contributed by atoms with van der Waals surface area (Å²) in [5.74, 6) is 0. The van der Waals surface area contributed by atoms with E-state index in [-0.39, 0.29) is 0 Å². The lowest BCUT2D eigenvalue weighted by molar-refractivity contribution is 0.287. The van der Waals surface area contributed by atoms with Crippen LogP contribution in [0.5, 0.6) is 0 Å². The van der Waals surface area contributed by atoms with Crippen molar-refractivity contribution in [3.05, 3.63) is 35.9 Å². The van der Waals surface area contributed by atoms with Crippen molar-refractivity contribution < 1.29 is 0 Å². The van der Waals surface area contributed by atoms with Gasteiger partial charge in [-0.2, -0.15) is 0 Å². The van der Waals surface area contributed by atoms with E-state index in [1.165, 1.54) is 38.0 Å². The summed E-state index contributed by atoms with van der Waals surface area (Å²) in [5, 5.41) is 3.71. The number of nitrogens with one attached hydrogen (secondary N) is 1. The molecule has 1 saturated heterocycles. The van der Waals surface area contributed by atoms with Crippen LogP contribution in [0.3, 0.4) is 0 Å². The Morgan fingerprint density at radius 1 is 1.30 bits per heavy atom. The predicted octanol–water partition coefficient (Wildman–Crippen LogP) is 1.84. The van der Waals surface area contributed by atoms with Crippen molar-refractivity contribution in [2.45, 2.75) is 31.8 Å². The van der Waals surface area contributed by atoms with Crippen LogP contribution < -0.4 is 5.32 Å². The monoisotopic (exact) mass is 275 g/mol. The quantitative estimate of drug-likeness (QED) is 0.819. The summed E-state index contributed by atoms with van der Waals surface area (Å²) >= 11 is 0. The van der Waals surface area contributed by atoms with Gasteiger partial charge in [-0.25, -0.2) is 0 Å². The van der Waals surface area contributed by atoms with E-state index in [1.54, 1.807) is 0 Å². The van der Waals surface area contributed by atoms with Gasteiger partial charge in [0.25, 0.3) is 0 Å². The van der Waals surface area contributed by atoms with Crippen molar-refractivity contribution in [3.63, 3.8) is 0 Å². The van der Waals surface area contributed by atoms with Crippen molar-refractivity contribution in [3.8, 4) is 0 Å². The number of likely N-dealkylation sites (tertiary alicyclic amines) is 1. The molecule has 1 fully saturated rings. The summed E-state index contributed by atoms with van der Waals surface area (Å²) in [6, 6.07) is 12.1. The minimum absolute atomic E-state index is 0.605. The van der Waals surface area contributed by atoms with Crippen LogP contribution in [0.2, 0.25) is 0 Å². The summed E-state index contributed by atoms with van der Waals surface area (Å²) in [5.41, 5.74) is 1.45. The Labute approximate surface area is 124 Å². The zero-order valence-electron chi connectivity index (χ0n) is 13.2. The van der Waals surface area contributed by atoms with Crippen LogP contribution in [0.4, 0.5) is 0 Å². The molecule has 20 heavy (non-hydrogen) atoms. The summed E-state index contributed by atoms with van der Waals surface area (Å²) in [6.45, 7) is 6.98. The molecule has 1 N–H and O–H groups in total. The van der Waals surface area contributed by atoms with E-state index < -0.39 is 0 Å². The Morgan fingerprint density at radius 3 is 2.75 bits per heavy atom. The molecule has 2 rings (SSSR count). The van der Waals surface area contributed by atoms with Gasteiger partial charge in [0.15, 0.2) is 0 Å². The summed E-state index contributed by atoms with van der Waals surface area (Å²) in [6.07, 6.45) is 2.45. The van der Waals surface area contributed by atoms with E-state index in [0.717, 1.165) is 6.54 Å². The second-order valence-electron chi connectivity index (χ2n) is 6.24. The molecular formula is C17H29N3. The number of likely N-dealkylation sites (N-methyl/N-ethyl adjacent to an activating group) is 1. The molecule has 3 heteroatoms. The lowest BCUT2D eigenvalue weighted by atomic mass is 10.1. The second-order valence-corrected chi connectivity index (χ2v) is 6.24. The van der Waals surface area contributed by atoms with E-state index in [2.05, 4.69) is 66.5 Å². The molecule has 3 nitrogen and oxygen atoms in total. The molecule has 112 valence electrons. The van der Waals surface area contributed by atoms with Gasteiger partial charge < -0.3 is 15.1 Å². The molecule has 2 atom stereocenters. The van der Waals surface area contributed by atoms with Gasteiger partial charge in [-0.1, -0.05) is 30.3 Å². The van der Waals surface area contributed by atoms with Crippen LogP contribution in [0, 0.1) is 0 Å². The van der Waals surface area contributed by atoms with Gasteiger partial charge in [-0.05, 0) is 46.0 Å². The highest BCUT2D eigenvalue weighted by molar-refractivity contribution is 5.14. The van der Waals surface area contributed by atoms with Gasteiger partial charge >= 0.3 is 0 Å². The average Bonchev–Trinajstić information content (AvgIpc) is 2.91. The third kappa shape index (κ3) is 4.89. The van der Waals surface area contributed by atoms with E-state index in [0.29, 0.717) is 12.1 Å². The molecule has 0 spiro atoms. The number of nitrogens with zero attached hydrogens (tertiary/aromatic N) is 2. The Hall–Kier alpha value is -0.900. The maximum Gasteiger partial charge on any atom is 0.0207 e.